The van der Waals surface area contributed by atoms with E-state index in [1.807, 2.05) is 20.8 Å². The zero-order valence-corrected chi connectivity index (χ0v) is 23.0. The summed E-state index contributed by atoms with van der Waals surface area (Å²) in [5, 5.41) is 2.95. The summed E-state index contributed by atoms with van der Waals surface area (Å²) in [5.74, 6) is 0. The molecule has 0 aliphatic carbocycles. The second-order valence-electron chi connectivity index (χ2n) is 9.60. The van der Waals surface area contributed by atoms with Gasteiger partial charge in [0.1, 0.15) is 0 Å². The maximum absolute atomic E-state index is 12.1. The van der Waals surface area contributed by atoms with Crippen LogP contribution in [0.5, 0.6) is 0 Å². The first-order valence-electron chi connectivity index (χ1n) is 11.7. The molecule has 3 nitrogen and oxygen atoms in total. The molecule has 0 aliphatic rings. The summed E-state index contributed by atoms with van der Waals surface area (Å²) in [6.45, 7) is 15.5. The van der Waals surface area contributed by atoms with E-state index in [1.54, 1.807) is 3.58 Å². The first kappa shape index (κ1) is 26.3. The molecular formula is C25H45NO2Sn. The van der Waals surface area contributed by atoms with Crippen LogP contribution < -0.4 is 8.90 Å². The summed E-state index contributed by atoms with van der Waals surface area (Å²) < 4.78 is 11.5. The minimum absolute atomic E-state index is 0.336. The summed E-state index contributed by atoms with van der Waals surface area (Å²) in [5.41, 5.74) is 2.22. The molecule has 1 amide bonds. The van der Waals surface area contributed by atoms with Crippen LogP contribution in [-0.4, -0.2) is 30.1 Å². The molecule has 0 unspecified atom stereocenters. The fourth-order valence-electron chi connectivity index (χ4n) is 4.16. The Morgan fingerprint density at radius 3 is 1.93 bits per heavy atom. The number of amides is 1. The molecule has 0 saturated carbocycles. The van der Waals surface area contributed by atoms with Gasteiger partial charge < -0.3 is 0 Å². The van der Waals surface area contributed by atoms with Gasteiger partial charge in [0, 0.05) is 0 Å². The first-order valence-corrected chi connectivity index (χ1v) is 19.2. The molecular weight excluding hydrogens is 465 g/mol. The second-order valence-corrected chi connectivity index (χ2v) is 22.7. The van der Waals surface area contributed by atoms with Crippen molar-refractivity contribution < 1.29 is 9.53 Å². The number of ether oxygens (including phenoxy) is 1. The molecule has 0 heterocycles. The Morgan fingerprint density at radius 2 is 1.48 bits per heavy atom. The molecule has 29 heavy (non-hydrogen) atoms. The number of alkyl carbamates (subject to hydrolysis) is 1. The SMILES string of the molecule is CCC[CH2][Sn]([CH2]CCC)([CH2]CCC)[c]1cc(CNC(=O)OC(C)(C)C)ccc1C. The Kier molecular flexibility index (Phi) is 11.7. The number of benzene rings is 1. The predicted octanol–water partition coefficient (Wildman–Crippen LogP) is 7.08. The van der Waals surface area contributed by atoms with E-state index in [4.69, 9.17) is 4.74 Å². The van der Waals surface area contributed by atoms with Gasteiger partial charge in [0.2, 0.25) is 0 Å². The molecule has 1 aromatic carbocycles. The van der Waals surface area contributed by atoms with E-state index >= 15 is 0 Å². The van der Waals surface area contributed by atoms with Crippen molar-refractivity contribution in [3.63, 3.8) is 0 Å². The molecule has 166 valence electrons. The third-order valence-electron chi connectivity index (χ3n) is 5.74. The van der Waals surface area contributed by atoms with Gasteiger partial charge in [-0.3, -0.25) is 0 Å². The molecule has 0 saturated heterocycles. The van der Waals surface area contributed by atoms with Crippen LogP contribution in [0.1, 0.15) is 91.2 Å². The zero-order chi connectivity index (χ0) is 21.9. The molecule has 0 aromatic heterocycles. The molecule has 0 spiro atoms. The van der Waals surface area contributed by atoms with Gasteiger partial charge in [0.15, 0.2) is 0 Å². The molecule has 1 N–H and O–H groups in total. The number of unbranched alkanes of at least 4 members (excludes halogenated alkanes) is 3. The predicted molar refractivity (Wildman–Crippen MR) is 129 cm³/mol. The Hall–Kier alpha value is -0.711. The van der Waals surface area contributed by atoms with Crippen molar-refractivity contribution in [2.75, 3.05) is 0 Å². The van der Waals surface area contributed by atoms with E-state index in [-0.39, 0.29) is 6.09 Å². The van der Waals surface area contributed by atoms with Gasteiger partial charge in [-0.05, 0) is 0 Å². The van der Waals surface area contributed by atoms with Crippen LogP contribution in [-0.2, 0) is 11.3 Å². The third-order valence-corrected chi connectivity index (χ3v) is 21.8. The van der Waals surface area contributed by atoms with Gasteiger partial charge >= 0.3 is 185 Å². The van der Waals surface area contributed by atoms with Gasteiger partial charge in [-0.1, -0.05) is 0 Å². The average molecular weight is 510 g/mol. The van der Waals surface area contributed by atoms with Crippen LogP contribution in [0.3, 0.4) is 0 Å². The number of rotatable bonds is 12. The zero-order valence-electron chi connectivity index (χ0n) is 20.1. The average Bonchev–Trinajstić information content (AvgIpc) is 2.66. The van der Waals surface area contributed by atoms with Gasteiger partial charge in [0.25, 0.3) is 0 Å². The van der Waals surface area contributed by atoms with E-state index < -0.39 is 24.0 Å². The van der Waals surface area contributed by atoms with Gasteiger partial charge in [-0.25, -0.2) is 0 Å². The fraction of sp³-hybridized carbons (Fsp3) is 0.720. The topological polar surface area (TPSA) is 38.3 Å². The quantitative estimate of drug-likeness (QED) is 0.306. The second kappa shape index (κ2) is 12.9. The van der Waals surface area contributed by atoms with E-state index in [1.165, 1.54) is 63.0 Å². The van der Waals surface area contributed by atoms with Gasteiger partial charge in [-0.2, -0.15) is 0 Å². The summed E-state index contributed by atoms with van der Waals surface area (Å²) in [6, 6.07) is 6.91. The van der Waals surface area contributed by atoms with Crippen molar-refractivity contribution in [2.24, 2.45) is 0 Å². The Bertz CT molecular complexity index is 600. The normalized spacial score (nSPS) is 12.1. The van der Waals surface area contributed by atoms with Crippen LogP contribution in [0.15, 0.2) is 18.2 Å². The number of hydrogen-bond acceptors (Lipinski definition) is 2. The van der Waals surface area contributed by atoms with Crippen LogP contribution in [0.25, 0.3) is 0 Å². The fourth-order valence-corrected chi connectivity index (χ4v) is 21.5. The van der Waals surface area contributed by atoms with Crippen molar-refractivity contribution in [1.82, 2.24) is 5.32 Å². The summed E-state index contributed by atoms with van der Waals surface area (Å²) >= 11 is -2.47. The standard InChI is InChI=1S/C13H18NO2.3C4H9.Sn/c1-10-5-7-11(8-6-10)9-14-12(15)16-13(2,3)4;3*1-3-4-2;/h5,7-8H,9H2,1-4H3,(H,14,15);3*1,3-4H2,2H3;. The molecule has 1 rings (SSSR count). The maximum atomic E-state index is 12.1. The number of carbonyl (C=O) groups is 1. The first-order chi connectivity index (χ1) is 13.7. The number of nitrogens with one attached hydrogen (secondary N) is 1. The Morgan fingerprint density at radius 1 is 0.966 bits per heavy atom. The molecule has 0 radical (unpaired) electrons. The Labute approximate surface area is 184 Å². The summed E-state index contributed by atoms with van der Waals surface area (Å²) in [7, 11) is 0. The monoisotopic (exact) mass is 511 g/mol. The van der Waals surface area contributed by atoms with E-state index in [2.05, 4.69) is 51.2 Å². The number of carbonyl (C=O) groups excluding carboxylic acids is 1. The van der Waals surface area contributed by atoms with Gasteiger partial charge in [-0.15, -0.1) is 0 Å². The summed E-state index contributed by atoms with van der Waals surface area (Å²) in [4.78, 5) is 12.1. The van der Waals surface area contributed by atoms with Crippen molar-refractivity contribution in [2.45, 2.75) is 112 Å². The molecule has 1 aromatic rings. The molecule has 0 bridgehead atoms. The summed E-state index contributed by atoms with van der Waals surface area (Å²) in [6.07, 6.45) is 7.62. The molecule has 0 atom stereocenters. The van der Waals surface area contributed by atoms with E-state index in [0.29, 0.717) is 6.54 Å². The van der Waals surface area contributed by atoms with Crippen molar-refractivity contribution in [3.05, 3.63) is 29.3 Å². The van der Waals surface area contributed by atoms with E-state index in [0.717, 1.165) is 0 Å². The minimum atomic E-state index is -2.47. The molecule has 0 fully saturated rings. The van der Waals surface area contributed by atoms with Crippen molar-refractivity contribution in [1.29, 1.82) is 0 Å². The van der Waals surface area contributed by atoms with Crippen LogP contribution in [0.4, 0.5) is 4.79 Å². The molecule has 4 heteroatoms. The number of aryl methyl sites for hydroxylation is 1. The van der Waals surface area contributed by atoms with Crippen molar-refractivity contribution in [3.8, 4) is 0 Å². The van der Waals surface area contributed by atoms with Crippen LogP contribution >= 0.6 is 0 Å². The van der Waals surface area contributed by atoms with E-state index in [9.17, 15) is 4.79 Å². The van der Waals surface area contributed by atoms with Crippen molar-refractivity contribution >= 4 is 28.0 Å². The Balaban J connectivity index is 3.13. The van der Waals surface area contributed by atoms with Crippen LogP contribution in [0.2, 0.25) is 13.3 Å². The molecule has 0 aliphatic heterocycles. The van der Waals surface area contributed by atoms with Gasteiger partial charge in [0.05, 0.1) is 0 Å². The van der Waals surface area contributed by atoms with Crippen LogP contribution in [0, 0.1) is 6.92 Å². The number of hydrogen-bond donors (Lipinski definition) is 1. The third kappa shape index (κ3) is 9.31.